The predicted molar refractivity (Wildman–Crippen MR) is 132 cm³/mol. The highest BCUT2D eigenvalue weighted by Crippen LogP contribution is 2.28. The van der Waals surface area contributed by atoms with E-state index in [1.54, 1.807) is 40.8 Å². The van der Waals surface area contributed by atoms with Gasteiger partial charge in [-0.3, -0.25) is 14.6 Å². The summed E-state index contributed by atoms with van der Waals surface area (Å²) in [5, 5.41) is 5.78. The SMILES string of the molecule is O=C(NC1CCCCC1)[C@H](c1ccc(Cl)cc1)N(Cc1cccnc1)C(=O)Cc1cccs1. The summed E-state index contributed by atoms with van der Waals surface area (Å²) in [4.78, 5) is 34.1. The third-order valence-electron chi connectivity index (χ3n) is 6.00. The fraction of sp³-hybridized carbons (Fsp3) is 0.346. The normalized spacial score (nSPS) is 15.1. The smallest absolute Gasteiger partial charge is 0.247 e. The van der Waals surface area contributed by atoms with Crippen LogP contribution in [0.5, 0.6) is 0 Å². The second kappa shape index (κ2) is 11.4. The van der Waals surface area contributed by atoms with Crippen molar-refractivity contribution in [3.63, 3.8) is 0 Å². The molecule has 3 aromatic rings. The van der Waals surface area contributed by atoms with E-state index in [1.165, 1.54) is 6.42 Å². The molecule has 33 heavy (non-hydrogen) atoms. The van der Waals surface area contributed by atoms with Crippen LogP contribution in [0.4, 0.5) is 0 Å². The van der Waals surface area contributed by atoms with Gasteiger partial charge >= 0.3 is 0 Å². The van der Waals surface area contributed by atoms with E-state index in [0.717, 1.165) is 41.7 Å². The molecule has 0 radical (unpaired) electrons. The summed E-state index contributed by atoms with van der Waals surface area (Å²) in [5.74, 6) is -0.243. The number of rotatable bonds is 8. The third-order valence-corrected chi connectivity index (χ3v) is 7.13. The van der Waals surface area contributed by atoms with Crippen LogP contribution in [0.15, 0.2) is 66.3 Å². The van der Waals surface area contributed by atoms with E-state index in [9.17, 15) is 9.59 Å². The summed E-state index contributed by atoms with van der Waals surface area (Å²) in [7, 11) is 0. The van der Waals surface area contributed by atoms with Crippen molar-refractivity contribution in [2.24, 2.45) is 0 Å². The van der Waals surface area contributed by atoms with Crippen LogP contribution in [0, 0.1) is 0 Å². The maximum absolute atomic E-state index is 13.7. The Morgan fingerprint density at radius 2 is 1.88 bits per heavy atom. The highest BCUT2D eigenvalue weighted by Gasteiger charge is 2.33. The van der Waals surface area contributed by atoms with Gasteiger partial charge in [0.15, 0.2) is 0 Å². The van der Waals surface area contributed by atoms with Crippen LogP contribution in [0.1, 0.15) is 54.1 Å². The number of halogens is 1. The third kappa shape index (κ3) is 6.42. The number of nitrogens with one attached hydrogen (secondary N) is 1. The average Bonchev–Trinajstić information content (AvgIpc) is 3.34. The summed E-state index contributed by atoms with van der Waals surface area (Å²) in [6.07, 6.45) is 9.09. The Bertz CT molecular complexity index is 1040. The molecule has 0 bridgehead atoms. The largest absolute Gasteiger partial charge is 0.351 e. The Balaban J connectivity index is 1.67. The fourth-order valence-corrected chi connectivity index (χ4v) is 5.14. The summed E-state index contributed by atoms with van der Waals surface area (Å²) < 4.78 is 0. The minimum Gasteiger partial charge on any atom is -0.351 e. The predicted octanol–water partition coefficient (Wildman–Crippen LogP) is 5.56. The first-order valence-electron chi connectivity index (χ1n) is 11.4. The van der Waals surface area contributed by atoms with E-state index in [4.69, 9.17) is 11.6 Å². The molecular weight excluding hydrogens is 454 g/mol. The fourth-order valence-electron chi connectivity index (χ4n) is 4.32. The average molecular weight is 482 g/mol. The molecule has 0 spiro atoms. The van der Waals surface area contributed by atoms with E-state index in [0.29, 0.717) is 11.6 Å². The minimum atomic E-state index is -0.753. The molecule has 172 valence electrons. The molecule has 1 N–H and O–H groups in total. The van der Waals surface area contributed by atoms with Crippen LogP contribution in [0.25, 0.3) is 0 Å². The molecule has 2 heterocycles. The lowest BCUT2D eigenvalue weighted by Gasteiger charge is -2.33. The Kier molecular flexibility index (Phi) is 8.13. The first-order valence-corrected chi connectivity index (χ1v) is 12.6. The number of hydrogen-bond donors (Lipinski definition) is 1. The number of hydrogen-bond acceptors (Lipinski definition) is 4. The Morgan fingerprint density at radius 1 is 1.09 bits per heavy atom. The van der Waals surface area contributed by atoms with Crippen LogP contribution in [-0.4, -0.2) is 27.7 Å². The molecular formula is C26H28ClN3O2S. The zero-order chi connectivity index (χ0) is 23.0. The lowest BCUT2D eigenvalue weighted by Crippen LogP contribution is -2.47. The van der Waals surface area contributed by atoms with Crippen molar-refractivity contribution in [1.82, 2.24) is 15.2 Å². The molecule has 1 atom stereocenters. The number of amides is 2. The summed E-state index contributed by atoms with van der Waals surface area (Å²) >= 11 is 7.67. The van der Waals surface area contributed by atoms with Gasteiger partial charge in [-0.05, 0) is 53.6 Å². The van der Waals surface area contributed by atoms with Gasteiger partial charge in [-0.1, -0.05) is 55.1 Å². The second-order valence-corrected chi connectivity index (χ2v) is 9.91. The van der Waals surface area contributed by atoms with Gasteiger partial charge in [0.1, 0.15) is 6.04 Å². The lowest BCUT2D eigenvalue weighted by atomic mass is 9.94. The summed E-state index contributed by atoms with van der Waals surface area (Å²) in [6, 6.07) is 14.3. The van der Waals surface area contributed by atoms with Crippen molar-refractivity contribution in [3.05, 3.63) is 87.3 Å². The van der Waals surface area contributed by atoms with Crippen LogP contribution in [-0.2, 0) is 22.6 Å². The molecule has 1 saturated carbocycles. The maximum atomic E-state index is 13.7. The summed E-state index contributed by atoms with van der Waals surface area (Å²) in [6.45, 7) is 0.295. The number of aromatic nitrogens is 1. The molecule has 2 aromatic heterocycles. The number of benzene rings is 1. The molecule has 7 heteroatoms. The zero-order valence-electron chi connectivity index (χ0n) is 18.5. The standard InChI is InChI=1S/C26H28ClN3O2S/c27-21-12-10-20(11-13-21)25(26(32)29-22-7-2-1-3-8-22)30(18-19-6-4-14-28-17-19)24(31)16-23-9-5-15-33-23/h4-6,9-15,17,22,25H,1-3,7-8,16,18H2,(H,29,32)/t25-/m0/s1. The van der Waals surface area contributed by atoms with E-state index in [1.807, 2.05) is 41.8 Å². The van der Waals surface area contributed by atoms with E-state index < -0.39 is 6.04 Å². The van der Waals surface area contributed by atoms with E-state index >= 15 is 0 Å². The minimum absolute atomic E-state index is 0.0972. The van der Waals surface area contributed by atoms with Crippen molar-refractivity contribution in [2.45, 2.75) is 57.2 Å². The lowest BCUT2D eigenvalue weighted by molar-refractivity contribution is -0.141. The highest BCUT2D eigenvalue weighted by molar-refractivity contribution is 7.10. The molecule has 5 nitrogen and oxygen atoms in total. The van der Waals surface area contributed by atoms with Gasteiger partial charge in [-0.25, -0.2) is 0 Å². The first kappa shape index (κ1) is 23.5. The van der Waals surface area contributed by atoms with Crippen molar-refractivity contribution in [2.75, 3.05) is 0 Å². The van der Waals surface area contributed by atoms with Gasteiger partial charge in [-0.15, -0.1) is 11.3 Å². The van der Waals surface area contributed by atoms with Gasteiger partial charge in [-0.2, -0.15) is 0 Å². The molecule has 0 aliphatic heterocycles. The number of nitrogens with zero attached hydrogens (tertiary/aromatic N) is 2. The van der Waals surface area contributed by atoms with Crippen LogP contribution in [0.2, 0.25) is 5.02 Å². The van der Waals surface area contributed by atoms with Crippen molar-refractivity contribution < 1.29 is 9.59 Å². The van der Waals surface area contributed by atoms with Crippen molar-refractivity contribution in [1.29, 1.82) is 0 Å². The van der Waals surface area contributed by atoms with Gasteiger partial charge < -0.3 is 10.2 Å². The molecule has 1 fully saturated rings. The number of carbonyl (C=O) groups is 2. The van der Waals surface area contributed by atoms with Crippen LogP contribution < -0.4 is 5.32 Å². The zero-order valence-corrected chi connectivity index (χ0v) is 20.0. The first-order chi connectivity index (χ1) is 16.1. The molecule has 0 saturated heterocycles. The summed E-state index contributed by atoms with van der Waals surface area (Å²) in [5.41, 5.74) is 1.62. The second-order valence-electron chi connectivity index (χ2n) is 8.44. The Labute approximate surface area is 203 Å². The molecule has 2 amide bonds. The van der Waals surface area contributed by atoms with Crippen LogP contribution in [0.3, 0.4) is 0 Å². The highest BCUT2D eigenvalue weighted by atomic mass is 35.5. The van der Waals surface area contributed by atoms with E-state index in [-0.39, 0.29) is 24.3 Å². The van der Waals surface area contributed by atoms with Crippen molar-refractivity contribution >= 4 is 34.8 Å². The molecule has 1 aliphatic carbocycles. The van der Waals surface area contributed by atoms with Gasteiger partial charge in [0, 0.05) is 34.9 Å². The van der Waals surface area contributed by atoms with Crippen LogP contribution >= 0.6 is 22.9 Å². The van der Waals surface area contributed by atoms with Gasteiger partial charge in [0.2, 0.25) is 11.8 Å². The Hall–Kier alpha value is -2.70. The topological polar surface area (TPSA) is 62.3 Å². The number of pyridine rings is 1. The molecule has 1 aliphatic rings. The number of carbonyl (C=O) groups excluding carboxylic acids is 2. The number of thiophene rings is 1. The Morgan fingerprint density at radius 3 is 2.55 bits per heavy atom. The van der Waals surface area contributed by atoms with Gasteiger partial charge in [0.05, 0.1) is 6.42 Å². The van der Waals surface area contributed by atoms with Gasteiger partial charge in [0.25, 0.3) is 0 Å². The van der Waals surface area contributed by atoms with E-state index in [2.05, 4.69) is 10.3 Å². The monoisotopic (exact) mass is 481 g/mol. The molecule has 4 rings (SSSR count). The molecule has 1 aromatic carbocycles. The maximum Gasteiger partial charge on any atom is 0.247 e. The molecule has 0 unspecified atom stereocenters. The van der Waals surface area contributed by atoms with Crippen molar-refractivity contribution in [3.8, 4) is 0 Å². The quantitative estimate of drug-likeness (QED) is 0.458.